The van der Waals surface area contributed by atoms with Crippen LogP contribution in [0.2, 0.25) is 0 Å². The van der Waals surface area contributed by atoms with Crippen LogP contribution in [0.1, 0.15) is 21.5 Å². The SMILES string of the molecule is COc1cc(/C=N\N=C(\C(=O)c2ccccc2)c2ccccc2)cc(O)c1O. The van der Waals surface area contributed by atoms with Gasteiger partial charge in [0.15, 0.2) is 11.5 Å². The number of rotatable bonds is 6. The molecule has 0 saturated heterocycles. The van der Waals surface area contributed by atoms with Crippen LogP contribution in [0.5, 0.6) is 17.2 Å². The first-order valence-corrected chi connectivity index (χ1v) is 8.46. The first kappa shape index (κ1) is 18.8. The Bertz CT molecular complexity index is 1030. The lowest BCUT2D eigenvalue weighted by Crippen LogP contribution is -2.15. The molecule has 6 nitrogen and oxygen atoms in total. The van der Waals surface area contributed by atoms with Crippen molar-refractivity contribution in [1.29, 1.82) is 0 Å². The third-order valence-corrected chi connectivity index (χ3v) is 3.96. The van der Waals surface area contributed by atoms with Crippen molar-refractivity contribution in [2.45, 2.75) is 0 Å². The summed E-state index contributed by atoms with van der Waals surface area (Å²) in [4.78, 5) is 12.9. The van der Waals surface area contributed by atoms with Crippen molar-refractivity contribution in [3.05, 3.63) is 89.5 Å². The number of hydrogen-bond acceptors (Lipinski definition) is 6. The summed E-state index contributed by atoms with van der Waals surface area (Å²) in [5.74, 6) is -0.843. The number of nitrogens with zero attached hydrogens (tertiary/aromatic N) is 2. The first-order chi connectivity index (χ1) is 13.6. The zero-order chi connectivity index (χ0) is 19.9. The van der Waals surface area contributed by atoms with E-state index in [0.29, 0.717) is 16.7 Å². The molecule has 0 aliphatic heterocycles. The maximum absolute atomic E-state index is 12.9. The number of carbonyl (C=O) groups excluding carboxylic acids is 1. The molecule has 0 aromatic heterocycles. The lowest BCUT2D eigenvalue weighted by molar-refractivity contribution is 0.106. The number of methoxy groups -OCH3 is 1. The third-order valence-electron chi connectivity index (χ3n) is 3.96. The zero-order valence-electron chi connectivity index (χ0n) is 15.1. The molecule has 0 bridgehead atoms. The van der Waals surface area contributed by atoms with Gasteiger partial charge >= 0.3 is 0 Å². The lowest BCUT2D eigenvalue weighted by atomic mass is 10.0. The molecule has 3 rings (SSSR count). The maximum Gasteiger partial charge on any atom is 0.213 e. The molecule has 0 saturated carbocycles. The van der Waals surface area contributed by atoms with E-state index in [1.165, 1.54) is 25.5 Å². The summed E-state index contributed by atoms with van der Waals surface area (Å²) in [5, 5.41) is 27.6. The highest BCUT2D eigenvalue weighted by Gasteiger charge is 2.16. The van der Waals surface area contributed by atoms with Gasteiger partial charge in [-0.3, -0.25) is 4.79 Å². The number of Topliss-reactive ketones (excluding diaryl/α,β-unsaturated/α-hetero) is 1. The molecule has 0 aliphatic rings. The number of ketones is 1. The third kappa shape index (κ3) is 4.24. The topological polar surface area (TPSA) is 91.5 Å². The molecule has 6 heteroatoms. The molecule has 0 atom stereocenters. The van der Waals surface area contributed by atoms with Crippen molar-refractivity contribution >= 4 is 17.7 Å². The highest BCUT2D eigenvalue weighted by Crippen LogP contribution is 2.35. The number of phenols is 2. The molecule has 0 heterocycles. The normalized spacial score (nSPS) is 11.5. The molecule has 3 aromatic carbocycles. The number of hydrogen-bond donors (Lipinski definition) is 2. The van der Waals surface area contributed by atoms with Gasteiger partial charge in [-0.05, 0) is 12.1 Å². The number of carbonyl (C=O) groups is 1. The fourth-order valence-corrected chi connectivity index (χ4v) is 2.55. The van der Waals surface area contributed by atoms with E-state index in [1.54, 1.807) is 36.4 Å². The first-order valence-electron chi connectivity index (χ1n) is 8.46. The Hall–Kier alpha value is -3.93. The van der Waals surface area contributed by atoms with Gasteiger partial charge in [-0.15, -0.1) is 5.10 Å². The molecule has 0 fully saturated rings. The average molecular weight is 374 g/mol. The van der Waals surface area contributed by atoms with Crippen LogP contribution in [0.4, 0.5) is 0 Å². The van der Waals surface area contributed by atoms with Crippen LogP contribution >= 0.6 is 0 Å². The van der Waals surface area contributed by atoms with E-state index < -0.39 is 0 Å². The lowest BCUT2D eigenvalue weighted by Gasteiger charge is -2.06. The number of benzene rings is 3. The van der Waals surface area contributed by atoms with E-state index in [9.17, 15) is 15.0 Å². The van der Waals surface area contributed by atoms with Crippen LogP contribution in [-0.2, 0) is 0 Å². The largest absolute Gasteiger partial charge is 0.504 e. The van der Waals surface area contributed by atoms with Gasteiger partial charge in [-0.2, -0.15) is 5.10 Å². The quantitative estimate of drug-likeness (QED) is 0.297. The van der Waals surface area contributed by atoms with Crippen LogP contribution in [-0.4, -0.2) is 35.0 Å². The standard InChI is InChI=1S/C22H18N2O4/c1-28-19-13-15(12-18(25)22(19)27)14-23-24-20(16-8-4-2-5-9-16)21(26)17-10-6-3-7-11-17/h2-14,25,27H,1H3/b23-14-,24-20+. The van der Waals surface area contributed by atoms with Gasteiger partial charge in [0.1, 0.15) is 5.71 Å². The fourth-order valence-electron chi connectivity index (χ4n) is 2.55. The summed E-state index contributed by atoms with van der Waals surface area (Å²) < 4.78 is 5.00. The second-order valence-electron chi connectivity index (χ2n) is 5.85. The second-order valence-corrected chi connectivity index (χ2v) is 5.85. The Morgan fingerprint density at radius 3 is 2.14 bits per heavy atom. The van der Waals surface area contributed by atoms with Crippen LogP contribution < -0.4 is 4.74 Å². The van der Waals surface area contributed by atoms with E-state index in [1.807, 2.05) is 24.3 Å². The van der Waals surface area contributed by atoms with Gasteiger partial charge in [0.25, 0.3) is 0 Å². The second kappa shape index (κ2) is 8.64. The van der Waals surface area contributed by atoms with Crippen molar-refractivity contribution in [2.24, 2.45) is 10.2 Å². The minimum absolute atomic E-state index is 0.106. The van der Waals surface area contributed by atoms with E-state index in [2.05, 4.69) is 10.2 Å². The summed E-state index contributed by atoms with van der Waals surface area (Å²) in [7, 11) is 1.37. The molecule has 0 radical (unpaired) electrons. The minimum Gasteiger partial charge on any atom is -0.504 e. The molecular weight excluding hydrogens is 356 g/mol. The van der Waals surface area contributed by atoms with Crippen molar-refractivity contribution in [1.82, 2.24) is 0 Å². The van der Waals surface area contributed by atoms with Gasteiger partial charge in [0, 0.05) is 16.7 Å². The average Bonchev–Trinajstić information content (AvgIpc) is 2.74. The Balaban J connectivity index is 1.97. The number of ether oxygens (including phenoxy) is 1. The molecular formula is C22H18N2O4. The van der Waals surface area contributed by atoms with Gasteiger partial charge in [-0.1, -0.05) is 60.7 Å². The predicted octanol–water partition coefficient (Wildman–Crippen LogP) is 3.81. The van der Waals surface area contributed by atoms with Gasteiger partial charge in [0.2, 0.25) is 11.5 Å². The highest BCUT2D eigenvalue weighted by atomic mass is 16.5. The Labute approximate surface area is 162 Å². The van der Waals surface area contributed by atoms with Gasteiger partial charge in [0.05, 0.1) is 13.3 Å². The molecule has 0 unspecified atom stereocenters. The molecule has 0 aliphatic carbocycles. The van der Waals surface area contributed by atoms with Crippen molar-refractivity contribution < 1.29 is 19.7 Å². The molecule has 140 valence electrons. The maximum atomic E-state index is 12.9. The van der Waals surface area contributed by atoms with E-state index in [-0.39, 0.29) is 28.7 Å². The molecule has 0 spiro atoms. The van der Waals surface area contributed by atoms with E-state index in [4.69, 9.17) is 4.74 Å². The van der Waals surface area contributed by atoms with Gasteiger partial charge in [-0.25, -0.2) is 0 Å². The summed E-state index contributed by atoms with van der Waals surface area (Å²) >= 11 is 0. The fraction of sp³-hybridized carbons (Fsp3) is 0.0455. The van der Waals surface area contributed by atoms with E-state index in [0.717, 1.165) is 0 Å². The highest BCUT2D eigenvalue weighted by molar-refractivity contribution is 6.51. The summed E-state index contributed by atoms with van der Waals surface area (Å²) in [6.45, 7) is 0. The Kier molecular flexibility index (Phi) is 5.81. The Morgan fingerprint density at radius 1 is 0.929 bits per heavy atom. The van der Waals surface area contributed by atoms with Crippen LogP contribution in [0, 0.1) is 0 Å². The van der Waals surface area contributed by atoms with Crippen molar-refractivity contribution in [3.8, 4) is 17.2 Å². The van der Waals surface area contributed by atoms with E-state index >= 15 is 0 Å². The molecule has 3 aromatic rings. The summed E-state index contributed by atoms with van der Waals surface area (Å²) in [6, 6.07) is 20.7. The molecule has 0 amide bonds. The zero-order valence-corrected chi connectivity index (χ0v) is 15.1. The molecule has 28 heavy (non-hydrogen) atoms. The van der Waals surface area contributed by atoms with Crippen molar-refractivity contribution in [2.75, 3.05) is 7.11 Å². The summed E-state index contributed by atoms with van der Waals surface area (Å²) in [5.41, 5.74) is 1.79. The predicted molar refractivity (Wildman–Crippen MR) is 108 cm³/mol. The smallest absolute Gasteiger partial charge is 0.213 e. The van der Waals surface area contributed by atoms with Crippen LogP contribution in [0.25, 0.3) is 0 Å². The monoisotopic (exact) mass is 374 g/mol. The minimum atomic E-state index is -0.354. The molecule has 2 N–H and O–H groups in total. The Morgan fingerprint density at radius 2 is 1.54 bits per heavy atom. The van der Waals surface area contributed by atoms with Crippen LogP contribution in [0.3, 0.4) is 0 Å². The van der Waals surface area contributed by atoms with Crippen LogP contribution in [0.15, 0.2) is 83.0 Å². The van der Waals surface area contributed by atoms with Gasteiger partial charge < -0.3 is 14.9 Å². The summed E-state index contributed by atoms with van der Waals surface area (Å²) in [6.07, 6.45) is 1.36. The van der Waals surface area contributed by atoms with Crippen molar-refractivity contribution in [3.63, 3.8) is 0 Å². The number of phenolic OH excluding ortho intramolecular Hbond substituents is 2. The number of aromatic hydroxyl groups is 2.